The maximum atomic E-state index is 2.48. The third-order valence-corrected chi connectivity index (χ3v) is 4.45. The Hall–Kier alpha value is -1.04. The van der Waals surface area contributed by atoms with E-state index in [1.165, 1.54) is 31.2 Å². The van der Waals surface area contributed by atoms with Crippen LogP contribution in [-0.4, -0.2) is 0 Å². The number of hydrogen-bond donors (Lipinski definition) is 0. The lowest BCUT2D eigenvalue weighted by Gasteiger charge is -2.13. The maximum Gasteiger partial charge on any atom is -0.00551 e. The predicted octanol–water partition coefficient (Wildman–Crippen LogP) is 5.58. The van der Waals surface area contributed by atoms with Crippen LogP contribution in [0.15, 0.2) is 23.8 Å². The standard InChI is InChI=1S/C18H26/c1-5-8-14(4)16-11-15-9-7-10-17(13(3)6-2)18(15)12-16/h7,9-10,12-14H,5-6,8,11H2,1-4H3. The topological polar surface area (TPSA) is 0 Å². The molecule has 0 heterocycles. The number of rotatable bonds is 5. The van der Waals surface area contributed by atoms with Gasteiger partial charge in [0.1, 0.15) is 0 Å². The molecule has 0 saturated heterocycles. The zero-order valence-corrected chi connectivity index (χ0v) is 12.3. The maximum absolute atomic E-state index is 2.48. The molecule has 2 atom stereocenters. The van der Waals surface area contributed by atoms with Gasteiger partial charge in [-0.2, -0.15) is 0 Å². The number of fused-ring (bicyclic) bond motifs is 1. The van der Waals surface area contributed by atoms with Gasteiger partial charge in [0.05, 0.1) is 0 Å². The fraction of sp³-hybridized carbons (Fsp3) is 0.556. The number of hydrogen-bond acceptors (Lipinski definition) is 0. The van der Waals surface area contributed by atoms with Gasteiger partial charge in [0.25, 0.3) is 0 Å². The molecule has 0 spiro atoms. The number of allylic oxidation sites excluding steroid dienone is 1. The Bertz CT molecular complexity index is 439. The molecule has 0 saturated carbocycles. The van der Waals surface area contributed by atoms with Crippen molar-refractivity contribution in [1.82, 2.24) is 0 Å². The van der Waals surface area contributed by atoms with Crippen LogP contribution in [0.25, 0.3) is 6.08 Å². The van der Waals surface area contributed by atoms with Gasteiger partial charge in [-0.1, -0.05) is 64.0 Å². The van der Waals surface area contributed by atoms with Crippen molar-refractivity contribution in [1.29, 1.82) is 0 Å². The molecule has 0 fully saturated rings. The summed E-state index contributed by atoms with van der Waals surface area (Å²) in [6, 6.07) is 6.86. The molecule has 0 radical (unpaired) electrons. The third kappa shape index (κ3) is 2.53. The fourth-order valence-corrected chi connectivity index (χ4v) is 3.00. The summed E-state index contributed by atoms with van der Waals surface area (Å²) in [6.07, 6.45) is 7.49. The van der Waals surface area contributed by atoms with E-state index in [-0.39, 0.29) is 0 Å². The van der Waals surface area contributed by atoms with Gasteiger partial charge in [-0.05, 0) is 47.8 Å². The molecule has 1 aromatic carbocycles. The highest BCUT2D eigenvalue weighted by Gasteiger charge is 2.20. The Morgan fingerprint density at radius 2 is 1.89 bits per heavy atom. The lowest BCUT2D eigenvalue weighted by molar-refractivity contribution is 0.596. The fourth-order valence-electron chi connectivity index (χ4n) is 3.00. The van der Waals surface area contributed by atoms with E-state index >= 15 is 0 Å². The van der Waals surface area contributed by atoms with Crippen molar-refractivity contribution in [2.45, 2.75) is 59.3 Å². The van der Waals surface area contributed by atoms with Crippen molar-refractivity contribution >= 4 is 6.08 Å². The van der Waals surface area contributed by atoms with Crippen molar-refractivity contribution in [3.05, 3.63) is 40.5 Å². The molecule has 98 valence electrons. The van der Waals surface area contributed by atoms with Gasteiger partial charge < -0.3 is 0 Å². The predicted molar refractivity (Wildman–Crippen MR) is 80.9 cm³/mol. The van der Waals surface area contributed by atoms with Crippen LogP contribution >= 0.6 is 0 Å². The summed E-state index contributed by atoms with van der Waals surface area (Å²) in [7, 11) is 0. The average Bonchev–Trinajstić information content (AvgIpc) is 2.81. The van der Waals surface area contributed by atoms with E-state index in [0.717, 1.165) is 5.92 Å². The molecule has 0 N–H and O–H groups in total. The highest BCUT2D eigenvalue weighted by molar-refractivity contribution is 5.67. The molecule has 0 amide bonds. The second-order valence-corrected chi connectivity index (χ2v) is 5.82. The Labute approximate surface area is 112 Å². The average molecular weight is 242 g/mol. The minimum atomic E-state index is 0.678. The molecule has 0 aliphatic heterocycles. The summed E-state index contributed by atoms with van der Waals surface area (Å²) in [5, 5.41) is 0. The van der Waals surface area contributed by atoms with Gasteiger partial charge >= 0.3 is 0 Å². The van der Waals surface area contributed by atoms with E-state index in [2.05, 4.69) is 52.0 Å². The first-order chi connectivity index (χ1) is 8.67. The largest absolute Gasteiger partial charge is 0.0654 e. The molecule has 2 rings (SSSR count). The van der Waals surface area contributed by atoms with Crippen LogP contribution < -0.4 is 0 Å². The van der Waals surface area contributed by atoms with E-state index in [4.69, 9.17) is 0 Å². The SMILES string of the molecule is CCCC(C)C1=Cc2c(cccc2C(C)CC)C1. The second-order valence-electron chi connectivity index (χ2n) is 5.82. The van der Waals surface area contributed by atoms with Crippen LogP contribution in [0.2, 0.25) is 0 Å². The summed E-state index contributed by atoms with van der Waals surface area (Å²) in [5.41, 5.74) is 6.27. The van der Waals surface area contributed by atoms with Crippen molar-refractivity contribution < 1.29 is 0 Å². The van der Waals surface area contributed by atoms with E-state index in [1.807, 2.05) is 0 Å². The number of benzene rings is 1. The molecule has 1 aliphatic carbocycles. The smallest absolute Gasteiger partial charge is 0.00551 e. The molecule has 18 heavy (non-hydrogen) atoms. The van der Waals surface area contributed by atoms with Crippen LogP contribution in [0.3, 0.4) is 0 Å². The first-order valence-corrected chi connectivity index (χ1v) is 7.49. The normalized spacial score (nSPS) is 17.2. The first-order valence-electron chi connectivity index (χ1n) is 7.49. The highest BCUT2D eigenvalue weighted by Crippen LogP contribution is 2.36. The quantitative estimate of drug-likeness (QED) is 0.632. The summed E-state index contributed by atoms with van der Waals surface area (Å²) in [4.78, 5) is 0. The van der Waals surface area contributed by atoms with Gasteiger partial charge in [0.15, 0.2) is 0 Å². The Kier molecular flexibility index (Phi) is 4.27. The minimum Gasteiger partial charge on any atom is -0.0654 e. The van der Waals surface area contributed by atoms with Crippen LogP contribution in [0.4, 0.5) is 0 Å². The van der Waals surface area contributed by atoms with Crippen LogP contribution in [-0.2, 0) is 6.42 Å². The van der Waals surface area contributed by atoms with Gasteiger partial charge in [0.2, 0.25) is 0 Å². The zero-order chi connectivity index (χ0) is 13.1. The van der Waals surface area contributed by atoms with Gasteiger partial charge in [-0.25, -0.2) is 0 Å². The lowest BCUT2D eigenvalue weighted by Crippen LogP contribution is -1.98. The molecule has 1 aromatic rings. The Morgan fingerprint density at radius 3 is 2.56 bits per heavy atom. The molecular formula is C18H26. The van der Waals surface area contributed by atoms with E-state index in [9.17, 15) is 0 Å². The third-order valence-electron chi connectivity index (χ3n) is 4.45. The van der Waals surface area contributed by atoms with Crippen molar-refractivity contribution in [2.75, 3.05) is 0 Å². The Morgan fingerprint density at radius 1 is 1.11 bits per heavy atom. The van der Waals surface area contributed by atoms with E-state index in [1.54, 1.807) is 16.7 Å². The van der Waals surface area contributed by atoms with Crippen molar-refractivity contribution in [3.63, 3.8) is 0 Å². The molecule has 0 aromatic heterocycles. The lowest BCUT2D eigenvalue weighted by atomic mass is 9.92. The first kappa shape index (κ1) is 13.4. The highest BCUT2D eigenvalue weighted by atomic mass is 14.2. The van der Waals surface area contributed by atoms with Crippen LogP contribution in [0, 0.1) is 5.92 Å². The summed E-state index contributed by atoms with van der Waals surface area (Å²) in [6.45, 7) is 9.29. The molecule has 0 bridgehead atoms. The van der Waals surface area contributed by atoms with Crippen LogP contribution in [0.1, 0.15) is 69.6 Å². The molecule has 2 unspecified atom stereocenters. The molecule has 1 aliphatic rings. The molecule has 0 heteroatoms. The van der Waals surface area contributed by atoms with E-state index in [0.29, 0.717) is 5.92 Å². The summed E-state index contributed by atoms with van der Waals surface area (Å²) in [5.74, 6) is 1.42. The van der Waals surface area contributed by atoms with Crippen LogP contribution in [0.5, 0.6) is 0 Å². The molecular weight excluding hydrogens is 216 g/mol. The monoisotopic (exact) mass is 242 g/mol. The summed E-state index contributed by atoms with van der Waals surface area (Å²) >= 11 is 0. The van der Waals surface area contributed by atoms with Gasteiger partial charge in [-0.3, -0.25) is 0 Å². The van der Waals surface area contributed by atoms with E-state index < -0.39 is 0 Å². The van der Waals surface area contributed by atoms with Crippen molar-refractivity contribution in [3.8, 4) is 0 Å². The second kappa shape index (κ2) is 5.73. The van der Waals surface area contributed by atoms with Gasteiger partial charge in [-0.15, -0.1) is 0 Å². The summed E-state index contributed by atoms with van der Waals surface area (Å²) < 4.78 is 0. The van der Waals surface area contributed by atoms with Crippen molar-refractivity contribution in [2.24, 2.45) is 5.92 Å². The Balaban J connectivity index is 2.29. The van der Waals surface area contributed by atoms with Gasteiger partial charge in [0, 0.05) is 0 Å². The molecule has 0 nitrogen and oxygen atoms in total. The zero-order valence-electron chi connectivity index (χ0n) is 12.3. The minimum absolute atomic E-state index is 0.678.